The molecule has 0 unspecified atom stereocenters. The Labute approximate surface area is 150 Å². The molecule has 9 heteroatoms. The molecule has 0 atom stereocenters. The van der Waals surface area contributed by atoms with E-state index in [4.69, 9.17) is 10.6 Å². The van der Waals surface area contributed by atoms with Crippen LogP contribution in [0.1, 0.15) is 12.5 Å². The Hall–Kier alpha value is -3.10. The number of halogens is 2. The Morgan fingerprint density at radius 1 is 1.35 bits per heavy atom. The molecule has 1 aromatic heterocycles. The van der Waals surface area contributed by atoms with Gasteiger partial charge in [-0.05, 0) is 18.2 Å². The molecule has 2 N–H and O–H groups in total. The maximum absolute atomic E-state index is 13.4. The van der Waals surface area contributed by atoms with Gasteiger partial charge in [0.25, 0.3) is 5.92 Å². The standard InChI is InChI=1S/C17H20F2N6O/c1-17(18,19)12-5-4-6-13(9-12)22-10-14(24-20)11-26-16-21-8-7-15(23-16)25(2)3/h4-10H,11,20H2,1-3H3. The average molecular weight is 362 g/mol. The molecule has 0 aliphatic carbocycles. The second-order valence-corrected chi connectivity index (χ2v) is 5.70. The zero-order chi connectivity index (χ0) is 19.2. The quantitative estimate of drug-likeness (QED) is 0.465. The van der Waals surface area contributed by atoms with Crippen LogP contribution in [0.4, 0.5) is 20.3 Å². The molecule has 0 saturated carbocycles. The number of anilines is 1. The number of ether oxygens (including phenoxy) is 1. The number of hydrazone groups is 1. The van der Waals surface area contributed by atoms with E-state index >= 15 is 0 Å². The van der Waals surface area contributed by atoms with E-state index < -0.39 is 5.92 Å². The Bertz CT molecular complexity index is 802. The lowest BCUT2D eigenvalue weighted by Gasteiger charge is -2.11. The first kappa shape index (κ1) is 19.2. The van der Waals surface area contributed by atoms with Crippen molar-refractivity contribution in [1.29, 1.82) is 0 Å². The van der Waals surface area contributed by atoms with Gasteiger partial charge in [-0.15, -0.1) is 0 Å². The van der Waals surface area contributed by atoms with Crippen molar-refractivity contribution in [1.82, 2.24) is 9.97 Å². The van der Waals surface area contributed by atoms with Gasteiger partial charge in [-0.25, -0.2) is 13.8 Å². The third kappa shape index (κ3) is 5.47. The van der Waals surface area contributed by atoms with Gasteiger partial charge in [-0.3, -0.25) is 4.99 Å². The summed E-state index contributed by atoms with van der Waals surface area (Å²) in [7, 11) is 3.69. The number of alkyl halides is 2. The molecule has 0 spiro atoms. The number of rotatable bonds is 7. The molecule has 138 valence electrons. The van der Waals surface area contributed by atoms with Crippen molar-refractivity contribution in [2.45, 2.75) is 12.8 Å². The van der Waals surface area contributed by atoms with Crippen molar-refractivity contribution >= 4 is 23.4 Å². The topological polar surface area (TPSA) is 89.0 Å². The zero-order valence-electron chi connectivity index (χ0n) is 14.7. The van der Waals surface area contributed by atoms with Crippen LogP contribution in [-0.2, 0) is 5.92 Å². The lowest BCUT2D eigenvalue weighted by atomic mass is 10.1. The highest BCUT2D eigenvalue weighted by atomic mass is 19.3. The van der Waals surface area contributed by atoms with Crippen LogP contribution in [-0.4, -0.2) is 42.6 Å². The normalized spacial score (nSPS) is 12.4. The SMILES string of the molecule is CN(C)c1ccnc(OCC(C=Nc2cccc(C(C)(F)F)c2)=NN)n1. The van der Waals surface area contributed by atoms with Crippen LogP contribution >= 0.6 is 0 Å². The fourth-order valence-electron chi connectivity index (χ4n) is 1.91. The predicted octanol–water partition coefficient (Wildman–Crippen LogP) is 2.75. The predicted molar refractivity (Wildman–Crippen MR) is 97.6 cm³/mol. The van der Waals surface area contributed by atoms with Crippen molar-refractivity contribution in [3.05, 3.63) is 42.1 Å². The van der Waals surface area contributed by atoms with Crippen LogP contribution in [0, 0.1) is 0 Å². The molecular formula is C17H20F2N6O. The van der Waals surface area contributed by atoms with Crippen molar-refractivity contribution in [2.75, 3.05) is 25.6 Å². The minimum atomic E-state index is -2.94. The van der Waals surface area contributed by atoms with Crippen LogP contribution < -0.4 is 15.5 Å². The van der Waals surface area contributed by atoms with Crippen LogP contribution in [0.2, 0.25) is 0 Å². The van der Waals surface area contributed by atoms with Crippen molar-refractivity contribution < 1.29 is 13.5 Å². The van der Waals surface area contributed by atoms with Crippen LogP contribution in [0.25, 0.3) is 0 Å². The van der Waals surface area contributed by atoms with Gasteiger partial charge in [0.15, 0.2) is 0 Å². The lowest BCUT2D eigenvalue weighted by Crippen LogP contribution is -2.17. The number of nitrogens with zero attached hydrogens (tertiary/aromatic N) is 5. The summed E-state index contributed by atoms with van der Waals surface area (Å²) < 4.78 is 32.2. The summed E-state index contributed by atoms with van der Waals surface area (Å²) in [6, 6.07) is 7.66. The first-order chi connectivity index (χ1) is 12.3. The number of hydrogen-bond acceptors (Lipinski definition) is 7. The molecule has 26 heavy (non-hydrogen) atoms. The van der Waals surface area contributed by atoms with Gasteiger partial charge in [0.05, 0.1) is 11.9 Å². The van der Waals surface area contributed by atoms with Gasteiger partial charge in [-0.2, -0.15) is 10.1 Å². The van der Waals surface area contributed by atoms with Gasteiger partial charge in [-0.1, -0.05) is 12.1 Å². The summed E-state index contributed by atoms with van der Waals surface area (Å²) in [5, 5.41) is 3.58. The van der Waals surface area contributed by atoms with Crippen molar-refractivity contribution in [3.8, 4) is 6.01 Å². The molecule has 0 saturated heterocycles. The van der Waals surface area contributed by atoms with E-state index in [2.05, 4.69) is 20.1 Å². The Morgan fingerprint density at radius 2 is 2.12 bits per heavy atom. The van der Waals surface area contributed by atoms with E-state index in [1.165, 1.54) is 24.4 Å². The molecule has 2 aromatic rings. The highest BCUT2D eigenvalue weighted by Gasteiger charge is 2.24. The Balaban J connectivity index is 2.04. The fourth-order valence-corrected chi connectivity index (χ4v) is 1.91. The number of hydrogen-bond donors (Lipinski definition) is 1. The number of aliphatic imine (C=N–C) groups is 1. The third-order valence-electron chi connectivity index (χ3n) is 3.31. The monoisotopic (exact) mass is 362 g/mol. The smallest absolute Gasteiger partial charge is 0.318 e. The molecule has 2 rings (SSSR count). The minimum Gasteiger partial charge on any atom is -0.457 e. The summed E-state index contributed by atoms with van der Waals surface area (Å²) >= 11 is 0. The fraction of sp³-hybridized carbons (Fsp3) is 0.294. The summed E-state index contributed by atoms with van der Waals surface area (Å²) in [6.45, 7) is 0.818. The molecule has 0 bridgehead atoms. The van der Waals surface area contributed by atoms with E-state index in [-0.39, 0.29) is 18.2 Å². The summed E-state index contributed by atoms with van der Waals surface area (Å²) in [6.07, 6.45) is 2.92. The number of aromatic nitrogens is 2. The second-order valence-electron chi connectivity index (χ2n) is 5.70. The van der Waals surface area contributed by atoms with Gasteiger partial charge in [0, 0.05) is 32.8 Å². The largest absolute Gasteiger partial charge is 0.457 e. The summed E-state index contributed by atoms with van der Waals surface area (Å²) in [5.41, 5.74) is 0.539. The average Bonchev–Trinajstić information content (AvgIpc) is 2.61. The molecule has 0 amide bonds. The number of benzene rings is 1. The van der Waals surface area contributed by atoms with E-state index in [1.54, 1.807) is 18.3 Å². The highest BCUT2D eigenvalue weighted by molar-refractivity contribution is 6.31. The van der Waals surface area contributed by atoms with Crippen molar-refractivity contribution in [2.24, 2.45) is 15.9 Å². The van der Waals surface area contributed by atoms with E-state index in [1.807, 2.05) is 19.0 Å². The molecule has 7 nitrogen and oxygen atoms in total. The van der Waals surface area contributed by atoms with E-state index in [9.17, 15) is 8.78 Å². The van der Waals surface area contributed by atoms with Gasteiger partial charge in [0.2, 0.25) is 0 Å². The molecule has 1 aromatic carbocycles. The Morgan fingerprint density at radius 3 is 2.77 bits per heavy atom. The first-order valence-corrected chi connectivity index (χ1v) is 7.72. The molecule has 0 aliphatic heterocycles. The molecule has 0 fully saturated rings. The third-order valence-corrected chi connectivity index (χ3v) is 3.31. The van der Waals surface area contributed by atoms with E-state index in [0.29, 0.717) is 17.2 Å². The zero-order valence-corrected chi connectivity index (χ0v) is 14.7. The summed E-state index contributed by atoms with van der Waals surface area (Å²) in [5.74, 6) is 3.08. The number of nitrogens with two attached hydrogens (primary N) is 1. The summed E-state index contributed by atoms with van der Waals surface area (Å²) in [4.78, 5) is 14.1. The Kier molecular flexibility index (Phi) is 6.16. The van der Waals surface area contributed by atoms with Crippen molar-refractivity contribution in [3.63, 3.8) is 0 Å². The first-order valence-electron chi connectivity index (χ1n) is 7.72. The highest BCUT2D eigenvalue weighted by Crippen LogP contribution is 2.29. The van der Waals surface area contributed by atoms with E-state index in [0.717, 1.165) is 6.92 Å². The molecule has 0 aliphatic rings. The van der Waals surface area contributed by atoms with Crippen LogP contribution in [0.5, 0.6) is 6.01 Å². The van der Waals surface area contributed by atoms with Crippen LogP contribution in [0.15, 0.2) is 46.6 Å². The maximum atomic E-state index is 13.4. The molecule has 0 radical (unpaired) electrons. The van der Waals surface area contributed by atoms with Gasteiger partial charge < -0.3 is 15.5 Å². The second kappa shape index (κ2) is 8.32. The van der Waals surface area contributed by atoms with Gasteiger partial charge in [0.1, 0.15) is 18.1 Å². The molecule has 1 heterocycles. The van der Waals surface area contributed by atoms with Crippen LogP contribution in [0.3, 0.4) is 0 Å². The minimum absolute atomic E-state index is 0.0134. The molecular weight excluding hydrogens is 342 g/mol. The maximum Gasteiger partial charge on any atom is 0.318 e. The van der Waals surface area contributed by atoms with Gasteiger partial charge >= 0.3 is 6.01 Å². The lowest BCUT2D eigenvalue weighted by molar-refractivity contribution is 0.0175.